The molecule has 2 N–H and O–H groups in total. The third-order valence-electron chi connectivity index (χ3n) is 2.80. The molecule has 2 aromatic rings. The van der Waals surface area contributed by atoms with Gasteiger partial charge in [0.05, 0.1) is 5.75 Å². The molecule has 0 aliphatic heterocycles. The first-order chi connectivity index (χ1) is 8.07. The van der Waals surface area contributed by atoms with Crippen LogP contribution in [-0.4, -0.2) is 14.2 Å². The summed E-state index contributed by atoms with van der Waals surface area (Å²) in [6, 6.07) is 5.91. The van der Waals surface area contributed by atoms with Crippen LogP contribution in [0.4, 0.5) is 0 Å². The van der Waals surface area contributed by atoms with Crippen LogP contribution in [0.3, 0.4) is 0 Å². The Labute approximate surface area is 105 Å². The van der Waals surface area contributed by atoms with E-state index < -0.39 is 9.84 Å². The van der Waals surface area contributed by atoms with Crippen molar-refractivity contribution in [3.05, 3.63) is 34.7 Å². The number of hydrogen-bond donors (Lipinski definition) is 1. The van der Waals surface area contributed by atoms with Crippen LogP contribution < -0.4 is 5.73 Å². The highest BCUT2D eigenvalue weighted by molar-refractivity contribution is 7.90. The lowest BCUT2D eigenvalue weighted by Gasteiger charge is -2.04. The highest BCUT2D eigenvalue weighted by atomic mass is 32.2. The molecule has 5 heteroatoms. The van der Waals surface area contributed by atoms with Crippen LogP contribution in [-0.2, 0) is 22.1 Å². The third-order valence-corrected chi connectivity index (χ3v) is 5.42. The van der Waals surface area contributed by atoms with Gasteiger partial charge in [-0.1, -0.05) is 19.1 Å². The van der Waals surface area contributed by atoms with Crippen LogP contribution in [0.5, 0.6) is 0 Å². The number of rotatable bonds is 4. The Balaban J connectivity index is 2.56. The monoisotopic (exact) mass is 269 g/mol. The molecule has 0 fully saturated rings. The fourth-order valence-electron chi connectivity index (χ4n) is 1.85. The summed E-state index contributed by atoms with van der Waals surface area (Å²) in [4.78, 5) is 0. The molecule has 0 saturated carbocycles. The van der Waals surface area contributed by atoms with E-state index >= 15 is 0 Å². The minimum absolute atomic E-state index is 0.112. The molecule has 0 unspecified atom stereocenters. The first-order valence-corrected chi connectivity index (χ1v) is 8.16. The second-order valence-corrected chi connectivity index (χ2v) is 7.20. The number of benzene rings is 1. The normalized spacial score (nSPS) is 12.1. The molecule has 1 heterocycles. The Bertz CT molecular complexity index is 629. The maximum Gasteiger partial charge on any atom is 0.154 e. The number of fused-ring (bicyclic) bond motifs is 1. The van der Waals surface area contributed by atoms with E-state index in [0.717, 1.165) is 21.2 Å². The molecular weight excluding hydrogens is 254 g/mol. The van der Waals surface area contributed by atoms with Crippen molar-refractivity contribution in [2.45, 2.75) is 19.2 Å². The summed E-state index contributed by atoms with van der Waals surface area (Å²) in [6.45, 7) is 2.11. The van der Waals surface area contributed by atoms with E-state index in [2.05, 4.69) is 0 Å². The third kappa shape index (κ3) is 2.51. The van der Waals surface area contributed by atoms with E-state index in [4.69, 9.17) is 5.73 Å². The maximum absolute atomic E-state index is 11.7. The van der Waals surface area contributed by atoms with Crippen LogP contribution in [0.1, 0.15) is 18.1 Å². The van der Waals surface area contributed by atoms with Gasteiger partial charge in [0.15, 0.2) is 9.84 Å². The highest BCUT2D eigenvalue weighted by Crippen LogP contribution is 2.30. The van der Waals surface area contributed by atoms with Gasteiger partial charge >= 0.3 is 0 Å². The minimum Gasteiger partial charge on any atom is -0.326 e. The predicted molar refractivity (Wildman–Crippen MR) is 72.9 cm³/mol. The average Bonchev–Trinajstić information content (AvgIpc) is 2.72. The summed E-state index contributed by atoms with van der Waals surface area (Å²) in [7, 11) is -2.99. The topological polar surface area (TPSA) is 60.2 Å². The fourth-order valence-corrected chi connectivity index (χ4v) is 3.87. The van der Waals surface area contributed by atoms with Crippen LogP contribution in [0.15, 0.2) is 23.6 Å². The molecular formula is C12H15NO2S2. The van der Waals surface area contributed by atoms with Crippen molar-refractivity contribution in [3.8, 4) is 0 Å². The quantitative estimate of drug-likeness (QED) is 0.926. The van der Waals surface area contributed by atoms with Gasteiger partial charge in [0.1, 0.15) is 0 Å². The van der Waals surface area contributed by atoms with E-state index in [0.29, 0.717) is 6.54 Å². The molecule has 0 amide bonds. The van der Waals surface area contributed by atoms with E-state index in [1.165, 1.54) is 0 Å². The molecule has 1 aromatic heterocycles. The van der Waals surface area contributed by atoms with Gasteiger partial charge in [-0.05, 0) is 22.6 Å². The number of hydrogen-bond acceptors (Lipinski definition) is 4. The van der Waals surface area contributed by atoms with Gasteiger partial charge in [-0.3, -0.25) is 0 Å². The zero-order valence-electron chi connectivity index (χ0n) is 9.64. The van der Waals surface area contributed by atoms with Gasteiger partial charge in [0, 0.05) is 22.4 Å². The van der Waals surface area contributed by atoms with Gasteiger partial charge in [0.2, 0.25) is 0 Å². The smallest absolute Gasteiger partial charge is 0.154 e. The van der Waals surface area contributed by atoms with Gasteiger partial charge in [-0.15, -0.1) is 11.3 Å². The molecule has 0 spiro atoms. The van der Waals surface area contributed by atoms with Gasteiger partial charge in [0.25, 0.3) is 0 Å². The fraction of sp³-hybridized carbons (Fsp3) is 0.333. The summed E-state index contributed by atoms with van der Waals surface area (Å²) in [6.07, 6.45) is 0. The first kappa shape index (κ1) is 12.5. The molecule has 0 aliphatic rings. The molecule has 0 aliphatic carbocycles. The Hall–Kier alpha value is -0.910. The first-order valence-electron chi connectivity index (χ1n) is 5.46. The number of thiophene rings is 1. The van der Waals surface area contributed by atoms with Crippen molar-refractivity contribution < 1.29 is 8.42 Å². The molecule has 17 heavy (non-hydrogen) atoms. The van der Waals surface area contributed by atoms with Crippen LogP contribution >= 0.6 is 11.3 Å². The van der Waals surface area contributed by atoms with Gasteiger partial charge in [-0.2, -0.15) is 0 Å². The van der Waals surface area contributed by atoms with E-state index in [1.807, 2.05) is 23.6 Å². The molecule has 2 rings (SSSR count). The Morgan fingerprint density at radius 2 is 2.06 bits per heavy atom. The lowest BCUT2D eigenvalue weighted by molar-refractivity contribution is 0.596. The van der Waals surface area contributed by atoms with Crippen molar-refractivity contribution in [1.29, 1.82) is 0 Å². The van der Waals surface area contributed by atoms with Crippen molar-refractivity contribution in [2.24, 2.45) is 5.73 Å². The van der Waals surface area contributed by atoms with Crippen LogP contribution in [0.2, 0.25) is 0 Å². The Kier molecular flexibility index (Phi) is 3.51. The Morgan fingerprint density at radius 1 is 1.29 bits per heavy atom. The predicted octanol–water partition coefficient (Wildman–Crippen LogP) is 2.29. The number of sulfone groups is 1. The van der Waals surface area contributed by atoms with Crippen LogP contribution in [0.25, 0.3) is 10.1 Å². The number of nitrogens with two attached hydrogens (primary N) is 1. The van der Waals surface area contributed by atoms with E-state index in [1.54, 1.807) is 18.3 Å². The van der Waals surface area contributed by atoms with Crippen molar-refractivity contribution in [2.75, 3.05) is 5.75 Å². The van der Waals surface area contributed by atoms with Crippen molar-refractivity contribution in [3.63, 3.8) is 0 Å². The van der Waals surface area contributed by atoms with Gasteiger partial charge in [-0.25, -0.2) is 8.42 Å². The maximum atomic E-state index is 11.7. The van der Waals surface area contributed by atoms with Crippen LogP contribution in [0, 0.1) is 0 Å². The molecule has 1 aromatic carbocycles. The van der Waals surface area contributed by atoms with Gasteiger partial charge < -0.3 is 5.73 Å². The lowest BCUT2D eigenvalue weighted by atomic mass is 10.1. The molecule has 0 saturated heterocycles. The zero-order valence-corrected chi connectivity index (χ0v) is 11.3. The summed E-state index contributed by atoms with van der Waals surface area (Å²) in [5, 5.41) is 2.95. The minimum atomic E-state index is -2.99. The summed E-state index contributed by atoms with van der Waals surface area (Å²) in [5.74, 6) is 0.287. The zero-order chi connectivity index (χ0) is 12.5. The highest BCUT2D eigenvalue weighted by Gasteiger charge is 2.14. The summed E-state index contributed by atoms with van der Waals surface area (Å²) in [5.41, 5.74) is 7.60. The summed E-state index contributed by atoms with van der Waals surface area (Å²) >= 11 is 1.57. The standard InChI is InChI=1S/C12H15NO2S2/c1-2-17(14,15)8-10-7-16-11-5-3-4-9(6-13)12(10)11/h3-5,7H,2,6,8,13H2,1H3. The average molecular weight is 269 g/mol. The van der Waals surface area contributed by atoms with Crippen molar-refractivity contribution in [1.82, 2.24) is 0 Å². The molecule has 92 valence electrons. The second-order valence-electron chi connectivity index (χ2n) is 3.93. The lowest BCUT2D eigenvalue weighted by Crippen LogP contribution is -2.07. The van der Waals surface area contributed by atoms with Crippen molar-refractivity contribution >= 4 is 31.3 Å². The Morgan fingerprint density at radius 3 is 2.71 bits per heavy atom. The second kappa shape index (κ2) is 4.76. The molecule has 0 bridgehead atoms. The molecule has 3 nitrogen and oxygen atoms in total. The summed E-state index contributed by atoms with van der Waals surface area (Å²) < 4.78 is 24.5. The largest absolute Gasteiger partial charge is 0.326 e. The van der Waals surface area contributed by atoms with E-state index in [-0.39, 0.29) is 11.5 Å². The van der Waals surface area contributed by atoms with E-state index in [9.17, 15) is 8.42 Å². The molecule has 0 radical (unpaired) electrons. The SMILES string of the molecule is CCS(=O)(=O)Cc1csc2cccc(CN)c12. The molecule has 0 atom stereocenters.